The molecule has 2 N–H and O–H groups in total. The van der Waals surface area contributed by atoms with Crippen molar-refractivity contribution in [3.8, 4) is 0 Å². The first-order valence-corrected chi connectivity index (χ1v) is 8.94. The molecule has 0 aliphatic carbocycles. The molecule has 3 nitrogen and oxygen atoms in total. The number of aliphatic hydroxyl groups is 1. The average molecular weight is 321 g/mol. The summed E-state index contributed by atoms with van der Waals surface area (Å²) in [5.74, 6) is 1.31. The Morgan fingerprint density at radius 3 is 2.81 bits per heavy atom. The molecular weight excluding hydrogens is 302 g/mol. The van der Waals surface area contributed by atoms with E-state index in [-0.39, 0.29) is 5.91 Å². The summed E-state index contributed by atoms with van der Waals surface area (Å²) in [6.07, 6.45) is 0.0553. The Morgan fingerprint density at radius 1 is 1.29 bits per heavy atom. The van der Waals surface area contributed by atoms with Gasteiger partial charge in [-0.2, -0.15) is 11.3 Å². The third-order valence-electron chi connectivity index (χ3n) is 3.01. The van der Waals surface area contributed by atoms with Crippen molar-refractivity contribution in [1.82, 2.24) is 5.32 Å². The Labute approximate surface area is 133 Å². The number of thioether (sulfide) groups is 1. The minimum atomic E-state index is -0.492. The van der Waals surface area contributed by atoms with Gasteiger partial charge in [0.1, 0.15) is 0 Å². The highest BCUT2D eigenvalue weighted by Gasteiger charge is 2.08. The lowest BCUT2D eigenvalue weighted by molar-refractivity contribution is -0.118. The molecule has 21 heavy (non-hydrogen) atoms. The van der Waals surface area contributed by atoms with Gasteiger partial charge in [0.15, 0.2) is 0 Å². The number of thiophene rings is 1. The minimum Gasteiger partial charge on any atom is -0.388 e. The molecule has 1 aromatic carbocycles. The van der Waals surface area contributed by atoms with Crippen LogP contribution in [0.5, 0.6) is 0 Å². The molecule has 2 rings (SSSR count). The van der Waals surface area contributed by atoms with E-state index in [9.17, 15) is 9.90 Å². The largest absolute Gasteiger partial charge is 0.388 e. The first kappa shape index (κ1) is 16.1. The van der Waals surface area contributed by atoms with Gasteiger partial charge in [-0.3, -0.25) is 4.79 Å². The summed E-state index contributed by atoms with van der Waals surface area (Å²) in [6.45, 7) is 0.502. The number of amides is 1. The number of nitrogens with one attached hydrogen (secondary N) is 1. The summed E-state index contributed by atoms with van der Waals surface area (Å²) >= 11 is 3.16. The molecule has 1 amide bonds. The highest BCUT2D eigenvalue weighted by atomic mass is 32.2. The molecule has 0 spiro atoms. The van der Waals surface area contributed by atoms with Crippen LogP contribution in [0.2, 0.25) is 0 Å². The van der Waals surface area contributed by atoms with Gasteiger partial charge in [0.25, 0.3) is 0 Å². The van der Waals surface area contributed by atoms with Crippen LogP contribution in [0.1, 0.15) is 23.7 Å². The van der Waals surface area contributed by atoms with E-state index in [1.807, 2.05) is 35.0 Å². The SMILES string of the molecule is O=C(CSCc1ccccc1)NCC[C@@H](O)c1ccsc1. The smallest absolute Gasteiger partial charge is 0.230 e. The van der Waals surface area contributed by atoms with Gasteiger partial charge in [0.2, 0.25) is 5.91 Å². The Balaban J connectivity index is 1.57. The Kier molecular flexibility index (Phi) is 6.79. The molecule has 1 aromatic heterocycles. The second-order valence-corrected chi connectivity index (χ2v) is 6.46. The third-order valence-corrected chi connectivity index (χ3v) is 4.72. The van der Waals surface area contributed by atoms with Crippen LogP contribution in [0.3, 0.4) is 0 Å². The summed E-state index contributed by atoms with van der Waals surface area (Å²) in [4.78, 5) is 11.7. The molecule has 0 radical (unpaired) electrons. The van der Waals surface area contributed by atoms with Crippen molar-refractivity contribution in [2.75, 3.05) is 12.3 Å². The zero-order chi connectivity index (χ0) is 14.9. The van der Waals surface area contributed by atoms with E-state index in [2.05, 4.69) is 17.4 Å². The van der Waals surface area contributed by atoms with Crippen LogP contribution in [0, 0.1) is 0 Å². The summed E-state index contributed by atoms with van der Waals surface area (Å²) < 4.78 is 0. The number of carbonyl (C=O) groups excluding carboxylic acids is 1. The zero-order valence-corrected chi connectivity index (χ0v) is 13.3. The first-order chi connectivity index (χ1) is 10.3. The molecule has 2 aromatic rings. The maximum Gasteiger partial charge on any atom is 0.230 e. The molecular formula is C16H19NO2S2. The normalized spacial score (nSPS) is 12.0. The van der Waals surface area contributed by atoms with Gasteiger partial charge in [0.05, 0.1) is 11.9 Å². The van der Waals surface area contributed by atoms with Gasteiger partial charge < -0.3 is 10.4 Å². The molecule has 0 saturated heterocycles. The van der Waals surface area contributed by atoms with Crippen molar-refractivity contribution < 1.29 is 9.90 Å². The van der Waals surface area contributed by atoms with Crippen molar-refractivity contribution in [1.29, 1.82) is 0 Å². The fraction of sp³-hybridized carbons (Fsp3) is 0.312. The summed E-state index contributed by atoms with van der Waals surface area (Å²) in [5, 5.41) is 16.6. The van der Waals surface area contributed by atoms with Crippen LogP contribution in [-0.2, 0) is 10.5 Å². The predicted molar refractivity (Wildman–Crippen MR) is 89.5 cm³/mol. The highest BCUT2D eigenvalue weighted by molar-refractivity contribution is 7.99. The maximum atomic E-state index is 11.7. The van der Waals surface area contributed by atoms with Crippen molar-refractivity contribution in [3.63, 3.8) is 0 Å². The summed E-state index contributed by atoms with van der Waals surface area (Å²) in [7, 11) is 0. The molecule has 5 heteroatoms. The van der Waals surface area contributed by atoms with E-state index in [1.165, 1.54) is 5.56 Å². The van der Waals surface area contributed by atoms with Crippen LogP contribution < -0.4 is 5.32 Å². The number of hydrogen-bond acceptors (Lipinski definition) is 4. The van der Waals surface area contributed by atoms with Crippen LogP contribution in [-0.4, -0.2) is 23.3 Å². The van der Waals surface area contributed by atoms with Gasteiger partial charge in [-0.1, -0.05) is 30.3 Å². The molecule has 0 unspecified atom stereocenters. The van der Waals surface area contributed by atoms with E-state index >= 15 is 0 Å². The van der Waals surface area contributed by atoms with E-state index in [4.69, 9.17) is 0 Å². The number of carbonyl (C=O) groups is 1. The highest BCUT2D eigenvalue weighted by Crippen LogP contribution is 2.18. The number of benzene rings is 1. The van der Waals surface area contributed by atoms with Crippen LogP contribution in [0.25, 0.3) is 0 Å². The van der Waals surface area contributed by atoms with E-state index in [1.54, 1.807) is 23.1 Å². The fourth-order valence-corrected chi connectivity index (χ4v) is 3.39. The molecule has 0 aliphatic heterocycles. The molecule has 0 aliphatic rings. The molecule has 0 saturated carbocycles. The number of aliphatic hydroxyl groups excluding tert-OH is 1. The number of rotatable bonds is 8. The second-order valence-electron chi connectivity index (χ2n) is 4.69. The van der Waals surface area contributed by atoms with Crippen molar-refractivity contribution in [2.45, 2.75) is 18.3 Å². The third kappa shape index (κ3) is 5.91. The lowest BCUT2D eigenvalue weighted by atomic mass is 10.1. The second kappa shape index (κ2) is 8.87. The van der Waals surface area contributed by atoms with Crippen LogP contribution in [0.4, 0.5) is 0 Å². The lowest BCUT2D eigenvalue weighted by Gasteiger charge is -2.10. The maximum absolute atomic E-state index is 11.7. The average Bonchev–Trinajstić information content (AvgIpc) is 3.02. The Bertz CT molecular complexity index is 528. The summed E-state index contributed by atoms with van der Waals surface area (Å²) in [5.41, 5.74) is 2.15. The Hall–Kier alpha value is -1.30. The van der Waals surface area contributed by atoms with E-state index in [0.717, 1.165) is 11.3 Å². The molecule has 1 atom stereocenters. The molecule has 1 heterocycles. The monoisotopic (exact) mass is 321 g/mol. The molecule has 112 valence electrons. The van der Waals surface area contributed by atoms with Crippen molar-refractivity contribution in [3.05, 3.63) is 58.3 Å². The zero-order valence-electron chi connectivity index (χ0n) is 11.7. The van der Waals surface area contributed by atoms with E-state index in [0.29, 0.717) is 18.7 Å². The fourth-order valence-electron chi connectivity index (χ4n) is 1.87. The van der Waals surface area contributed by atoms with Gasteiger partial charge in [-0.25, -0.2) is 0 Å². The molecule has 0 fully saturated rings. The first-order valence-electron chi connectivity index (χ1n) is 6.84. The standard InChI is InChI=1S/C16H19NO2S2/c18-15(14-7-9-20-11-14)6-8-17-16(19)12-21-10-13-4-2-1-3-5-13/h1-5,7,9,11,15,18H,6,8,10,12H2,(H,17,19)/t15-/m1/s1. The Morgan fingerprint density at radius 2 is 2.10 bits per heavy atom. The van der Waals surface area contributed by atoms with Gasteiger partial charge in [-0.05, 0) is 34.4 Å². The van der Waals surface area contributed by atoms with Gasteiger partial charge >= 0.3 is 0 Å². The van der Waals surface area contributed by atoms with Crippen LogP contribution >= 0.6 is 23.1 Å². The number of hydrogen-bond donors (Lipinski definition) is 2. The van der Waals surface area contributed by atoms with Crippen LogP contribution in [0.15, 0.2) is 47.2 Å². The van der Waals surface area contributed by atoms with Crippen molar-refractivity contribution in [2.24, 2.45) is 0 Å². The van der Waals surface area contributed by atoms with E-state index < -0.39 is 6.10 Å². The van der Waals surface area contributed by atoms with Crippen molar-refractivity contribution >= 4 is 29.0 Å². The predicted octanol–water partition coefficient (Wildman–Crippen LogP) is 3.22. The lowest BCUT2D eigenvalue weighted by Crippen LogP contribution is -2.27. The quantitative estimate of drug-likeness (QED) is 0.785. The van der Waals surface area contributed by atoms with Gasteiger partial charge in [0, 0.05) is 12.3 Å². The molecule has 0 bridgehead atoms. The topological polar surface area (TPSA) is 49.3 Å². The summed E-state index contributed by atoms with van der Waals surface area (Å²) in [6, 6.07) is 12.0. The minimum absolute atomic E-state index is 0.0217. The van der Waals surface area contributed by atoms with Gasteiger partial charge in [-0.15, -0.1) is 11.8 Å².